The van der Waals surface area contributed by atoms with Gasteiger partial charge >= 0.3 is 0 Å². The topological polar surface area (TPSA) is 18.5 Å². The minimum absolute atomic E-state index is 0.135. The summed E-state index contributed by atoms with van der Waals surface area (Å²) in [5, 5.41) is 0.763. The first kappa shape index (κ1) is 12.8. The molecule has 0 radical (unpaired) electrons. The first-order valence-corrected chi connectivity index (χ1v) is 6.02. The van der Waals surface area contributed by atoms with Crippen LogP contribution in [0.3, 0.4) is 0 Å². The third-order valence-corrected chi connectivity index (χ3v) is 3.33. The van der Waals surface area contributed by atoms with Gasteiger partial charge in [0.05, 0.1) is 12.7 Å². The molecule has 0 aromatic heterocycles. The summed E-state index contributed by atoms with van der Waals surface area (Å²) in [6, 6.07) is 7.79. The highest BCUT2D eigenvalue weighted by molar-refractivity contribution is 7.99. The van der Waals surface area contributed by atoms with Gasteiger partial charge in [-0.3, -0.25) is 0 Å². The maximum absolute atomic E-state index is 5.80. The average molecular weight is 247 g/mol. The molecule has 0 aliphatic heterocycles. The molecule has 0 fully saturated rings. The Morgan fingerprint density at radius 3 is 2.47 bits per heavy atom. The normalized spacial score (nSPS) is 12.7. The van der Waals surface area contributed by atoms with Gasteiger partial charge in [0, 0.05) is 29.9 Å². The molecular weight excluding hydrogens is 232 g/mol. The Morgan fingerprint density at radius 2 is 1.93 bits per heavy atom. The molecule has 1 rings (SSSR count). The Morgan fingerprint density at radius 1 is 1.27 bits per heavy atom. The first-order chi connectivity index (χ1) is 7.26. The largest absolute Gasteiger partial charge is 0.382 e. The monoisotopic (exact) mass is 246 g/mol. The Kier molecular flexibility index (Phi) is 6.10. The van der Waals surface area contributed by atoms with Crippen LogP contribution in [0.1, 0.15) is 0 Å². The van der Waals surface area contributed by atoms with Crippen LogP contribution in [-0.2, 0) is 9.47 Å². The lowest BCUT2D eigenvalue weighted by Crippen LogP contribution is -2.19. The summed E-state index contributed by atoms with van der Waals surface area (Å²) in [5.74, 6) is 0.881. The van der Waals surface area contributed by atoms with E-state index in [-0.39, 0.29) is 6.10 Å². The molecule has 1 aromatic rings. The number of benzene rings is 1. The molecule has 84 valence electrons. The fraction of sp³-hybridized carbons (Fsp3) is 0.455. The SMILES string of the molecule is COCC(CSc1ccc(Cl)cc1)OC. The molecule has 4 heteroatoms. The minimum atomic E-state index is 0.135. The molecule has 0 heterocycles. The lowest BCUT2D eigenvalue weighted by Gasteiger charge is -2.13. The zero-order chi connectivity index (χ0) is 11.1. The van der Waals surface area contributed by atoms with Crippen molar-refractivity contribution in [2.75, 3.05) is 26.6 Å². The van der Waals surface area contributed by atoms with Crippen molar-refractivity contribution in [2.45, 2.75) is 11.0 Å². The molecule has 2 nitrogen and oxygen atoms in total. The Bertz CT molecular complexity index is 276. The van der Waals surface area contributed by atoms with Gasteiger partial charge in [0.15, 0.2) is 0 Å². The van der Waals surface area contributed by atoms with E-state index in [2.05, 4.69) is 0 Å². The highest BCUT2D eigenvalue weighted by Crippen LogP contribution is 2.21. The van der Waals surface area contributed by atoms with Crippen molar-refractivity contribution in [2.24, 2.45) is 0 Å². The van der Waals surface area contributed by atoms with Crippen molar-refractivity contribution in [3.63, 3.8) is 0 Å². The molecule has 1 unspecified atom stereocenters. The molecule has 0 N–H and O–H groups in total. The molecule has 0 saturated heterocycles. The van der Waals surface area contributed by atoms with E-state index in [0.29, 0.717) is 6.61 Å². The highest BCUT2D eigenvalue weighted by Gasteiger charge is 2.07. The fourth-order valence-corrected chi connectivity index (χ4v) is 2.16. The quantitative estimate of drug-likeness (QED) is 0.719. The zero-order valence-corrected chi connectivity index (χ0v) is 10.5. The van der Waals surface area contributed by atoms with Gasteiger partial charge in [0.25, 0.3) is 0 Å². The second-order valence-corrected chi connectivity index (χ2v) is 4.61. The number of methoxy groups -OCH3 is 2. The van der Waals surface area contributed by atoms with E-state index in [9.17, 15) is 0 Å². The van der Waals surface area contributed by atoms with Crippen LogP contribution in [0.2, 0.25) is 5.02 Å². The second kappa shape index (κ2) is 7.12. The van der Waals surface area contributed by atoms with Gasteiger partial charge in [0.2, 0.25) is 0 Å². The number of hydrogen-bond donors (Lipinski definition) is 0. The maximum Gasteiger partial charge on any atom is 0.0898 e. The molecule has 0 amide bonds. The number of rotatable bonds is 6. The van der Waals surface area contributed by atoms with Crippen LogP contribution in [0.25, 0.3) is 0 Å². The van der Waals surface area contributed by atoms with Crippen molar-refractivity contribution in [3.05, 3.63) is 29.3 Å². The van der Waals surface area contributed by atoms with E-state index < -0.39 is 0 Å². The third kappa shape index (κ3) is 4.89. The molecule has 15 heavy (non-hydrogen) atoms. The highest BCUT2D eigenvalue weighted by atomic mass is 35.5. The van der Waals surface area contributed by atoms with Gasteiger partial charge in [0.1, 0.15) is 0 Å². The van der Waals surface area contributed by atoms with Crippen molar-refractivity contribution >= 4 is 23.4 Å². The second-order valence-electron chi connectivity index (χ2n) is 3.08. The van der Waals surface area contributed by atoms with Crippen LogP contribution >= 0.6 is 23.4 Å². The molecular formula is C11H15ClO2S. The third-order valence-electron chi connectivity index (χ3n) is 1.94. The lowest BCUT2D eigenvalue weighted by atomic mass is 10.4. The summed E-state index contributed by atoms with van der Waals surface area (Å²) >= 11 is 7.54. The van der Waals surface area contributed by atoms with Gasteiger partial charge in [-0.1, -0.05) is 11.6 Å². The van der Waals surface area contributed by atoms with Crippen molar-refractivity contribution < 1.29 is 9.47 Å². The van der Waals surface area contributed by atoms with Crippen molar-refractivity contribution in [1.82, 2.24) is 0 Å². The van der Waals surface area contributed by atoms with Crippen molar-refractivity contribution in [3.8, 4) is 0 Å². The summed E-state index contributed by atoms with van der Waals surface area (Å²) in [6.07, 6.45) is 0.135. The molecule has 0 spiro atoms. The Hall–Kier alpha value is -0.220. The van der Waals surface area contributed by atoms with E-state index >= 15 is 0 Å². The van der Waals surface area contributed by atoms with E-state index in [1.165, 1.54) is 4.90 Å². The van der Waals surface area contributed by atoms with E-state index in [4.69, 9.17) is 21.1 Å². The summed E-state index contributed by atoms with van der Waals surface area (Å²) < 4.78 is 10.3. The Balaban J connectivity index is 2.38. The van der Waals surface area contributed by atoms with Gasteiger partial charge in [-0.25, -0.2) is 0 Å². The summed E-state index contributed by atoms with van der Waals surface area (Å²) in [4.78, 5) is 1.19. The number of halogens is 1. The molecule has 0 aliphatic carbocycles. The van der Waals surface area contributed by atoms with E-state index in [0.717, 1.165) is 10.8 Å². The average Bonchev–Trinajstić information content (AvgIpc) is 2.26. The van der Waals surface area contributed by atoms with Crippen LogP contribution < -0.4 is 0 Å². The maximum atomic E-state index is 5.80. The molecule has 0 bridgehead atoms. The molecule has 0 aliphatic rings. The standard InChI is InChI=1S/C11H15ClO2S/c1-13-7-10(14-2)8-15-11-5-3-9(12)4-6-11/h3-6,10H,7-8H2,1-2H3. The van der Waals surface area contributed by atoms with Gasteiger partial charge in [-0.15, -0.1) is 11.8 Å². The van der Waals surface area contributed by atoms with Crippen LogP contribution in [0, 0.1) is 0 Å². The zero-order valence-electron chi connectivity index (χ0n) is 8.90. The lowest BCUT2D eigenvalue weighted by molar-refractivity contribution is 0.0430. The van der Waals surface area contributed by atoms with Crippen LogP contribution in [0.5, 0.6) is 0 Å². The summed E-state index contributed by atoms with van der Waals surface area (Å²) in [5.41, 5.74) is 0. The van der Waals surface area contributed by atoms with Gasteiger partial charge in [-0.05, 0) is 24.3 Å². The van der Waals surface area contributed by atoms with E-state index in [1.54, 1.807) is 26.0 Å². The number of thioether (sulfide) groups is 1. The van der Waals surface area contributed by atoms with E-state index in [1.807, 2.05) is 24.3 Å². The van der Waals surface area contributed by atoms with Crippen LogP contribution in [-0.4, -0.2) is 32.7 Å². The molecule has 1 atom stereocenters. The predicted molar refractivity (Wildman–Crippen MR) is 64.8 cm³/mol. The van der Waals surface area contributed by atoms with Gasteiger partial charge < -0.3 is 9.47 Å². The Labute approximate surface area is 99.9 Å². The molecule has 0 saturated carbocycles. The van der Waals surface area contributed by atoms with Crippen LogP contribution in [0.15, 0.2) is 29.2 Å². The predicted octanol–water partition coefficient (Wildman–Crippen LogP) is 3.09. The molecule has 1 aromatic carbocycles. The van der Waals surface area contributed by atoms with Crippen LogP contribution in [0.4, 0.5) is 0 Å². The smallest absolute Gasteiger partial charge is 0.0898 e. The minimum Gasteiger partial charge on any atom is -0.382 e. The number of hydrogen-bond acceptors (Lipinski definition) is 3. The van der Waals surface area contributed by atoms with Crippen molar-refractivity contribution in [1.29, 1.82) is 0 Å². The first-order valence-electron chi connectivity index (χ1n) is 4.66. The summed E-state index contributed by atoms with van der Waals surface area (Å²) in [7, 11) is 3.38. The summed E-state index contributed by atoms with van der Waals surface area (Å²) in [6.45, 7) is 0.622. The van der Waals surface area contributed by atoms with Gasteiger partial charge in [-0.2, -0.15) is 0 Å². The fourth-order valence-electron chi connectivity index (χ4n) is 1.09. The number of ether oxygens (including phenoxy) is 2.